The minimum atomic E-state index is -2.59. The van der Waals surface area contributed by atoms with Crippen LogP contribution in [0.25, 0.3) is 0 Å². The van der Waals surface area contributed by atoms with Crippen LogP contribution in [-0.2, 0) is 9.16 Å². The Morgan fingerprint density at radius 1 is 0.879 bits per heavy atom. The van der Waals surface area contributed by atoms with Crippen LogP contribution < -0.4 is 15.7 Å². The fourth-order valence-electron chi connectivity index (χ4n) is 4.77. The Morgan fingerprint density at radius 2 is 1.39 bits per heavy atom. The van der Waals surface area contributed by atoms with E-state index >= 15 is 0 Å². The summed E-state index contributed by atoms with van der Waals surface area (Å²) in [6.45, 7) is 7.97. The maximum absolute atomic E-state index is 12.3. The lowest BCUT2D eigenvalue weighted by atomic mass is 10.2. The molecule has 0 aliphatic carbocycles. The SMILES string of the molecule is CC(C)(C)[Si](O[C@H]1CN[C@@H](COC(=O)c2ccccc2)C1)(c1ccccc1)c1ccccc1. The van der Waals surface area contributed by atoms with Gasteiger partial charge in [-0.05, 0) is 34.0 Å². The summed E-state index contributed by atoms with van der Waals surface area (Å²) in [6.07, 6.45) is 0.865. The van der Waals surface area contributed by atoms with E-state index in [0.717, 1.165) is 13.0 Å². The quantitative estimate of drug-likeness (QED) is 0.426. The zero-order valence-corrected chi connectivity index (χ0v) is 20.7. The van der Waals surface area contributed by atoms with E-state index in [9.17, 15) is 4.79 Å². The van der Waals surface area contributed by atoms with Crippen molar-refractivity contribution in [2.75, 3.05) is 13.2 Å². The van der Waals surface area contributed by atoms with Gasteiger partial charge in [0.2, 0.25) is 0 Å². The summed E-state index contributed by atoms with van der Waals surface area (Å²) in [4.78, 5) is 12.3. The Labute approximate surface area is 198 Å². The van der Waals surface area contributed by atoms with E-state index in [1.165, 1.54) is 10.4 Å². The third-order valence-corrected chi connectivity index (χ3v) is 11.5. The van der Waals surface area contributed by atoms with E-state index in [1.54, 1.807) is 12.1 Å². The van der Waals surface area contributed by atoms with Gasteiger partial charge in [-0.2, -0.15) is 0 Å². The Hall–Kier alpha value is -2.73. The number of benzene rings is 3. The maximum atomic E-state index is 12.3. The molecule has 1 aliphatic rings. The molecule has 0 radical (unpaired) electrons. The van der Waals surface area contributed by atoms with Crippen molar-refractivity contribution >= 4 is 24.7 Å². The van der Waals surface area contributed by atoms with Crippen LogP contribution in [0.1, 0.15) is 37.6 Å². The zero-order valence-electron chi connectivity index (χ0n) is 19.7. The van der Waals surface area contributed by atoms with Gasteiger partial charge >= 0.3 is 5.97 Å². The van der Waals surface area contributed by atoms with Gasteiger partial charge in [-0.15, -0.1) is 0 Å². The van der Waals surface area contributed by atoms with Gasteiger partial charge in [0.25, 0.3) is 8.32 Å². The number of nitrogens with one attached hydrogen (secondary N) is 1. The van der Waals surface area contributed by atoms with Crippen LogP contribution in [0.4, 0.5) is 0 Å². The highest BCUT2D eigenvalue weighted by Gasteiger charge is 2.52. The zero-order chi connectivity index (χ0) is 23.3. The van der Waals surface area contributed by atoms with Crippen LogP contribution in [0, 0.1) is 0 Å². The summed E-state index contributed by atoms with van der Waals surface area (Å²) in [5.41, 5.74) is 0.579. The number of carbonyl (C=O) groups is 1. The van der Waals surface area contributed by atoms with Crippen molar-refractivity contribution in [2.24, 2.45) is 0 Å². The smallest absolute Gasteiger partial charge is 0.338 e. The molecule has 0 bridgehead atoms. The molecule has 3 aromatic carbocycles. The number of ether oxygens (including phenoxy) is 1. The molecule has 33 heavy (non-hydrogen) atoms. The molecule has 1 N–H and O–H groups in total. The first-order valence-corrected chi connectivity index (χ1v) is 13.6. The van der Waals surface area contributed by atoms with E-state index in [0.29, 0.717) is 12.2 Å². The van der Waals surface area contributed by atoms with E-state index in [-0.39, 0.29) is 23.2 Å². The molecule has 0 amide bonds. The van der Waals surface area contributed by atoms with Gasteiger partial charge in [0.15, 0.2) is 0 Å². The van der Waals surface area contributed by atoms with Gasteiger partial charge in [-0.25, -0.2) is 4.79 Å². The Balaban J connectivity index is 1.52. The van der Waals surface area contributed by atoms with Gasteiger partial charge < -0.3 is 14.5 Å². The van der Waals surface area contributed by atoms with Crippen molar-refractivity contribution in [3.8, 4) is 0 Å². The van der Waals surface area contributed by atoms with E-state index in [1.807, 2.05) is 18.2 Å². The molecule has 172 valence electrons. The predicted molar refractivity (Wildman–Crippen MR) is 136 cm³/mol. The van der Waals surface area contributed by atoms with Gasteiger partial charge in [0, 0.05) is 12.6 Å². The van der Waals surface area contributed by atoms with Crippen molar-refractivity contribution in [1.82, 2.24) is 5.32 Å². The van der Waals surface area contributed by atoms with Gasteiger partial charge in [-0.1, -0.05) is 99.6 Å². The molecule has 1 heterocycles. The molecule has 1 fully saturated rings. The number of hydrogen-bond acceptors (Lipinski definition) is 4. The summed E-state index contributed by atoms with van der Waals surface area (Å²) in [7, 11) is -2.59. The lowest BCUT2D eigenvalue weighted by Crippen LogP contribution is -2.67. The first kappa shape index (κ1) is 23.4. The third kappa shape index (κ3) is 5.11. The van der Waals surface area contributed by atoms with Crippen molar-refractivity contribution in [3.63, 3.8) is 0 Å². The number of hydrogen-bond donors (Lipinski definition) is 1. The molecule has 4 nitrogen and oxygen atoms in total. The summed E-state index contributed by atoms with van der Waals surface area (Å²) >= 11 is 0. The molecular weight excluding hydrogens is 426 g/mol. The van der Waals surface area contributed by atoms with Gasteiger partial charge in [0.05, 0.1) is 11.7 Å². The van der Waals surface area contributed by atoms with E-state index in [4.69, 9.17) is 9.16 Å². The summed E-state index contributed by atoms with van der Waals surface area (Å²) in [5.74, 6) is -0.284. The molecule has 2 atom stereocenters. The van der Waals surface area contributed by atoms with Gasteiger partial charge in [0.1, 0.15) is 6.61 Å². The first-order valence-electron chi connectivity index (χ1n) is 11.6. The van der Waals surface area contributed by atoms with Crippen molar-refractivity contribution in [2.45, 2.75) is 44.4 Å². The Morgan fingerprint density at radius 3 is 1.91 bits per heavy atom. The molecule has 0 spiro atoms. The first-order chi connectivity index (χ1) is 15.9. The Kier molecular flexibility index (Phi) is 7.13. The molecule has 3 aromatic rings. The van der Waals surface area contributed by atoms with Crippen molar-refractivity contribution < 1.29 is 14.0 Å². The highest BCUT2D eigenvalue weighted by Crippen LogP contribution is 2.38. The Bertz CT molecular complexity index is 996. The second-order valence-electron chi connectivity index (χ2n) is 9.71. The largest absolute Gasteiger partial charge is 0.460 e. The van der Waals surface area contributed by atoms with Crippen molar-refractivity contribution in [1.29, 1.82) is 0 Å². The summed E-state index contributed by atoms with van der Waals surface area (Å²) in [6, 6.07) is 30.6. The molecule has 1 saturated heterocycles. The van der Waals surface area contributed by atoms with Crippen molar-refractivity contribution in [3.05, 3.63) is 96.6 Å². The molecule has 0 aromatic heterocycles. The minimum Gasteiger partial charge on any atom is -0.460 e. The topological polar surface area (TPSA) is 47.6 Å². The molecular formula is C28H33NO3Si. The van der Waals surface area contributed by atoms with Crippen LogP contribution in [-0.4, -0.2) is 39.6 Å². The average molecular weight is 460 g/mol. The minimum absolute atomic E-state index is 0.0525. The lowest BCUT2D eigenvalue weighted by molar-refractivity contribution is 0.0468. The number of carbonyl (C=O) groups excluding carboxylic acids is 1. The monoisotopic (exact) mass is 459 g/mol. The van der Waals surface area contributed by atoms with Crippen LogP contribution in [0.2, 0.25) is 5.04 Å². The fraction of sp³-hybridized carbons (Fsp3) is 0.321. The molecule has 0 saturated carbocycles. The van der Waals surface area contributed by atoms with Crippen LogP contribution in [0.3, 0.4) is 0 Å². The summed E-state index contributed by atoms with van der Waals surface area (Å²) < 4.78 is 12.8. The maximum Gasteiger partial charge on any atom is 0.338 e. The van der Waals surface area contributed by atoms with Gasteiger partial charge in [-0.3, -0.25) is 0 Å². The highest BCUT2D eigenvalue weighted by atomic mass is 28.4. The van der Waals surface area contributed by atoms with Crippen LogP contribution in [0.5, 0.6) is 0 Å². The molecule has 4 rings (SSSR count). The second kappa shape index (κ2) is 10.0. The predicted octanol–water partition coefficient (Wildman–Crippen LogP) is 4.15. The lowest BCUT2D eigenvalue weighted by Gasteiger charge is -2.44. The molecule has 0 unspecified atom stereocenters. The summed E-state index contributed by atoms with van der Waals surface area (Å²) in [5, 5.41) is 6.01. The number of rotatable bonds is 7. The van der Waals surface area contributed by atoms with E-state index < -0.39 is 8.32 Å². The molecule has 5 heteroatoms. The number of esters is 1. The van der Waals surface area contributed by atoms with Crippen LogP contribution >= 0.6 is 0 Å². The van der Waals surface area contributed by atoms with Crippen LogP contribution in [0.15, 0.2) is 91.0 Å². The second-order valence-corrected chi connectivity index (χ2v) is 14.0. The standard InChI is InChI=1S/C28H33NO3Si/c1-28(2,3)33(25-15-9-5-10-16-25,26-17-11-6-12-18-26)32-24-19-23(29-20-24)21-31-27(30)22-13-7-4-8-14-22/h4-18,23-24,29H,19-21H2,1-3H3/t23-,24-/m1/s1. The third-order valence-electron chi connectivity index (χ3n) is 6.37. The highest BCUT2D eigenvalue weighted by molar-refractivity contribution is 6.99. The normalized spacial score (nSPS) is 18.8. The fourth-order valence-corrected chi connectivity index (χ4v) is 9.47. The molecule has 1 aliphatic heterocycles. The van der Waals surface area contributed by atoms with E-state index in [2.05, 4.69) is 86.8 Å². The average Bonchev–Trinajstić information content (AvgIpc) is 3.29.